The summed E-state index contributed by atoms with van der Waals surface area (Å²) in [6, 6.07) is 3.27. The first-order valence-corrected chi connectivity index (χ1v) is 5.99. The average Bonchev–Trinajstić information content (AvgIpc) is 2.55. The molecule has 1 aliphatic rings. The minimum absolute atomic E-state index is 0.0480. The lowest BCUT2D eigenvalue weighted by atomic mass is 10.2. The minimum Gasteiger partial charge on any atom is -0.477 e. The maximum Gasteiger partial charge on any atom is 0.354 e. The first-order chi connectivity index (χ1) is 8.15. The summed E-state index contributed by atoms with van der Waals surface area (Å²) >= 11 is 3.27. The number of nitrogens with zero attached hydrogens (tertiary/aromatic N) is 4. The molecule has 6 nitrogen and oxygen atoms in total. The Bertz CT molecular complexity index is 606. The fourth-order valence-electron chi connectivity index (χ4n) is 1.81. The van der Waals surface area contributed by atoms with Crippen LogP contribution in [0.2, 0.25) is 0 Å². The topological polar surface area (TPSA) is 70.7 Å². The first kappa shape index (κ1) is 10.5. The number of fused-ring (bicyclic) bond motifs is 1. The summed E-state index contributed by atoms with van der Waals surface area (Å²) in [5.74, 6) is -0.240. The van der Waals surface area contributed by atoms with Gasteiger partial charge in [-0.25, -0.2) is 9.78 Å². The van der Waals surface area contributed by atoms with Crippen LogP contribution in [0.25, 0.3) is 5.65 Å². The number of halogens is 1. The molecule has 0 spiro atoms. The van der Waals surface area contributed by atoms with Crippen molar-refractivity contribution in [1.82, 2.24) is 14.6 Å². The highest BCUT2D eigenvalue weighted by molar-refractivity contribution is 9.10. The second kappa shape index (κ2) is 3.69. The van der Waals surface area contributed by atoms with Crippen LogP contribution in [0.4, 0.5) is 5.82 Å². The molecule has 2 aromatic heterocycles. The van der Waals surface area contributed by atoms with Gasteiger partial charge < -0.3 is 10.0 Å². The number of carboxylic acid groups (broad SMARTS) is 1. The lowest BCUT2D eigenvalue weighted by Gasteiger charge is -2.33. The van der Waals surface area contributed by atoms with Crippen LogP contribution in [0.15, 0.2) is 16.7 Å². The quantitative estimate of drug-likeness (QED) is 0.907. The van der Waals surface area contributed by atoms with Gasteiger partial charge in [0.05, 0.1) is 0 Å². The molecule has 0 aliphatic carbocycles. The Balaban J connectivity index is 2.24. The molecule has 0 unspecified atom stereocenters. The van der Waals surface area contributed by atoms with Crippen LogP contribution in [0.5, 0.6) is 0 Å². The van der Waals surface area contributed by atoms with Crippen LogP contribution in [0.3, 0.4) is 0 Å². The Hall–Kier alpha value is -1.63. The number of hydrogen-bond donors (Lipinski definition) is 1. The van der Waals surface area contributed by atoms with Crippen molar-refractivity contribution in [3.8, 4) is 0 Å². The van der Waals surface area contributed by atoms with Crippen molar-refractivity contribution in [3.05, 3.63) is 22.4 Å². The predicted octanol–water partition coefficient (Wildman–Crippen LogP) is 1.40. The SMILES string of the molecule is O=C(O)c1cc(N2CCC2)n2nc(Br)cc2n1. The van der Waals surface area contributed by atoms with E-state index < -0.39 is 5.97 Å². The third-order valence-electron chi connectivity index (χ3n) is 2.78. The van der Waals surface area contributed by atoms with E-state index in [1.807, 2.05) is 0 Å². The highest BCUT2D eigenvalue weighted by atomic mass is 79.9. The Morgan fingerprint density at radius 2 is 2.18 bits per heavy atom. The molecule has 1 fully saturated rings. The van der Waals surface area contributed by atoms with Gasteiger partial charge in [-0.15, -0.1) is 0 Å². The van der Waals surface area contributed by atoms with E-state index >= 15 is 0 Å². The van der Waals surface area contributed by atoms with Crippen LogP contribution in [0, 0.1) is 0 Å². The zero-order valence-electron chi connectivity index (χ0n) is 8.80. The van der Waals surface area contributed by atoms with Crippen molar-refractivity contribution in [1.29, 1.82) is 0 Å². The number of carbonyl (C=O) groups is 1. The molecule has 1 aliphatic heterocycles. The van der Waals surface area contributed by atoms with Crippen molar-refractivity contribution >= 4 is 33.4 Å². The normalized spacial score (nSPS) is 15.0. The molecule has 0 amide bonds. The maximum absolute atomic E-state index is 11.0. The van der Waals surface area contributed by atoms with E-state index in [9.17, 15) is 4.79 Å². The third-order valence-corrected chi connectivity index (χ3v) is 3.17. The van der Waals surface area contributed by atoms with E-state index in [0.717, 1.165) is 25.3 Å². The lowest BCUT2D eigenvalue weighted by Crippen LogP contribution is -2.38. The molecular weight excluding hydrogens is 288 g/mol. The second-order valence-electron chi connectivity index (χ2n) is 3.88. The first-order valence-electron chi connectivity index (χ1n) is 5.20. The Morgan fingerprint density at radius 3 is 2.76 bits per heavy atom. The van der Waals surface area contributed by atoms with Crippen LogP contribution in [-0.4, -0.2) is 38.8 Å². The standard InChI is InChI=1S/C10H9BrN4O2/c11-7-5-8-12-6(10(16)17)4-9(15(8)13-7)14-2-1-3-14/h4-5H,1-3H2,(H,16,17). The number of hydrogen-bond acceptors (Lipinski definition) is 4. The molecule has 1 N–H and O–H groups in total. The number of carboxylic acids is 1. The van der Waals surface area contributed by atoms with Gasteiger partial charge in [-0.05, 0) is 22.4 Å². The van der Waals surface area contributed by atoms with Gasteiger partial charge >= 0.3 is 5.97 Å². The van der Waals surface area contributed by atoms with Gasteiger partial charge in [-0.3, -0.25) is 0 Å². The van der Waals surface area contributed by atoms with Crippen molar-refractivity contribution in [2.24, 2.45) is 0 Å². The van der Waals surface area contributed by atoms with Crippen LogP contribution in [0.1, 0.15) is 16.9 Å². The summed E-state index contributed by atoms with van der Waals surface area (Å²) in [6.45, 7) is 1.85. The molecular formula is C10H9BrN4O2. The molecule has 0 bridgehead atoms. The van der Waals surface area contributed by atoms with Crippen LogP contribution in [-0.2, 0) is 0 Å². The fraction of sp³-hybridized carbons (Fsp3) is 0.300. The smallest absolute Gasteiger partial charge is 0.354 e. The number of anilines is 1. The van der Waals surface area contributed by atoms with Crippen LogP contribution >= 0.6 is 15.9 Å². The third kappa shape index (κ3) is 1.66. The summed E-state index contributed by atoms with van der Waals surface area (Å²) < 4.78 is 2.31. The predicted molar refractivity (Wildman–Crippen MR) is 64.5 cm³/mol. The molecule has 3 rings (SSSR count). The van der Waals surface area contributed by atoms with E-state index in [1.54, 1.807) is 16.6 Å². The Labute approximate surface area is 105 Å². The van der Waals surface area contributed by atoms with Crippen molar-refractivity contribution in [2.45, 2.75) is 6.42 Å². The van der Waals surface area contributed by atoms with Gasteiger partial charge in [-0.2, -0.15) is 9.61 Å². The average molecular weight is 297 g/mol. The largest absolute Gasteiger partial charge is 0.477 e. The molecule has 1 saturated heterocycles. The molecule has 0 aromatic carbocycles. The number of rotatable bonds is 2. The number of aromatic nitrogens is 3. The monoisotopic (exact) mass is 296 g/mol. The van der Waals surface area contributed by atoms with Crippen molar-refractivity contribution in [3.63, 3.8) is 0 Å². The maximum atomic E-state index is 11.0. The Morgan fingerprint density at radius 1 is 1.41 bits per heavy atom. The molecule has 3 heterocycles. The molecule has 0 radical (unpaired) electrons. The van der Waals surface area contributed by atoms with E-state index in [0.29, 0.717) is 10.3 Å². The summed E-state index contributed by atoms with van der Waals surface area (Å²) in [7, 11) is 0. The zero-order chi connectivity index (χ0) is 12.0. The summed E-state index contributed by atoms with van der Waals surface area (Å²) in [5.41, 5.74) is 0.588. The van der Waals surface area contributed by atoms with Crippen molar-refractivity contribution in [2.75, 3.05) is 18.0 Å². The molecule has 7 heteroatoms. The second-order valence-corrected chi connectivity index (χ2v) is 4.69. The Kier molecular flexibility index (Phi) is 2.29. The molecule has 88 valence electrons. The molecule has 17 heavy (non-hydrogen) atoms. The summed E-state index contributed by atoms with van der Waals surface area (Å²) in [6.07, 6.45) is 1.12. The zero-order valence-corrected chi connectivity index (χ0v) is 10.4. The van der Waals surface area contributed by atoms with Gasteiger partial charge in [-0.1, -0.05) is 0 Å². The summed E-state index contributed by atoms with van der Waals surface area (Å²) in [5, 5.41) is 13.3. The lowest BCUT2D eigenvalue weighted by molar-refractivity contribution is 0.0690. The number of aromatic carboxylic acids is 1. The van der Waals surface area contributed by atoms with Gasteiger partial charge in [0, 0.05) is 25.2 Å². The summed E-state index contributed by atoms with van der Waals surface area (Å²) in [4.78, 5) is 17.1. The van der Waals surface area contributed by atoms with E-state index in [4.69, 9.17) is 5.11 Å². The van der Waals surface area contributed by atoms with E-state index in [2.05, 4.69) is 30.9 Å². The van der Waals surface area contributed by atoms with Gasteiger partial charge in [0.15, 0.2) is 11.3 Å². The molecule has 0 atom stereocenters. The van der Waals surface area contributed by atoms with Crippen molar-refractivity contribution < 1.29 is 9.90 Å². The highest BCUT2D eigenvalue weighted by Gasteiger charge is 2.21. The van der Waals surface area contributed by atoms with Gasteiger partial charge in [0.25, 0.3) is 0 Å². The van der Waals surface area contributed by atoms with Crippen LogP contribution < -0.4 is 4.90 Å². The minimum atomic E-state index is -1.02. The molecule has 0 saturated carbocycles. The fourth-order valence-corrected chi connectivity index (χ4v) is 2.17. The molecule has 2 aromatic rings. The van der Waals surface area contributed by atoms with E-state index in [-0.39, 0.29) is 5.69 Å². The van der Waals surface area contributed by atoms with E-state index in [1.165, 1.54) is 0 Å². The van der Waals surface area contributed by atoms with Gasteiger partial charge in [0.1, 0.15) is 10.4 Å². The van der Waals surface area contributed by atoms with Gasteiger partial charge in [0.2, 0.25) is 0 Å². The highest BCUT2D eigenvalue weighted by Crippen LogP contribution is 2.23.